The average Bonchev–Trinajstić information content (AvgIpc) is 2.55. The van der Waals surface area contributed by atoms with Crippen LogP contribution < -0.4 is 10.9 Å². The van der Waals surface area contributed by atoms with Gasteiger partial charge in [-0.3, -0.25) is 4.79 Å². The Kier molecular flexibility index (Phi) is 3.92. The van der Waals surface area contributed by atoms with E-state index in [9.17, 15) is 4.79 Å². The second-order valence-corrected chi connectivity index (χ2v) is 5.51. The number of nitrogens with zero attached hydrogens (tertiary/aromatic N) is 1. The van der Waals surface area contributed by atoms with Crippen molar-refractivity contribution in [2.24, 2.45) is 0 Å². The van der Waals surface area contributed by atoms with Gasteiger partial charge >= 0.3 is 0 Å². The van der Waals surface area contributed by atoms with Crippen LogP contribution in [0.5, 0.6) is 0 Å². The topological polar surface area (TPSA) is 57.8 Å². The zero-order valence-corrected chi connectivity index (χ0v) is 12.4. The molecule has 106 valence electrons. The molecule has 0 aliphatic heterocycles. The molecule has 0 amide bonds. The van der Waals surface area contributed by atoms with Crippen LogP contribution in [0.3, 0.4) is 0 Å². The third kappa shape index (κ3) is 2.92. The Morgan fingerprint density at radius 2 is 1.95 bits per heavy atom. The van der Waals surface area contributed by atoms with Crippen LogP contribution in [0.15, 0.2) is 58.2 Å². The number of nitrogens with one attached hydrogen (secondary N) is 2. The fourth-order valence-electron chi connectivity index (χ4n) is 2.23. The molecule has 0 unspecified atom stereocenters. The van der Waals surface area contributed by atoms with E-state index in [1.807, 2.05) is 36.4 Å². The minimum atomic E-state index is -0.154. The number of aromatic nitrogens is 2. The zero-order chi connectivity index (χ0) is 14.7. The van der Waals surface area contributed by atoms with E-state index in [1.165, 1.54) is 4.90 Å². The number of rotatable bonds is 4. The van der Waals surface area contributed by atoms with Gasteiger partial charge in [0.05, 0.1) is 17.6 Å². The molecule has 0 bridgehead atoms. The molecule has 0 atom stereocenters. The van der Waals surface area contributed by atoms with Gasteiger partial charge in [-0.15, -0.1) is 11.8 Å². The van der Waals surface area contributed by atoms with Crippen molar-refractivity contribution in [3.8, 4) is 0 Å². The van der Waals surface area contributed by atoms with Gasteiger partial charge in [-0.2, -0.15) is 5.10 Å². The number of anilines is 1. The lowest BCUT2D eigenvalue weighted by Crippen LogP contribution is -2.13. The van der Waals surface area contributed by atoms with Crippen molar-refractivity contribution in [2.45, 2.75) is 11.4 Å². The quantitative estimate of drug-likeness (QED) is 0.726. The van der Waals surface area contributed by atoms with Gasteiger partial charge in [0.2, 0.25) is 0 Å². The van der Waals surface area contributed by atoms with E-state index in [1.54, 1.807) is 11.8 Å². The number of thioether (sulfide) groups is 1. The van der Waals surface area contributed by atoms with Gasteiger partial charge < -0.3 is 5.32 Å². The van der Waals surface area contributed by atoms with Crippen molar-refractivity contribution in [3.05, 3.63) is 64.6 Å². The maximum atomic E-state index is 11.7. The van der Waals surface area contributed by atoms with Gasteiger partial charge in [0.15, 0.2) is 0 Å². The maximum Gasteiger partial charge on any atom is 0.272 e. The van der Waals surface area contributed by atoms with Gasteiger partial charge in [0.25, 0.3) is 5.56 Å². The lowest BCUT2D eigenvalue weighted by atomic mass is 10.1. The summed E-state index contributed by atoms with van der Waals surface area (Å²) in [5.41, 5.74) is 1.72. The van der Waals surface area contributed by atoms with Crippen molar-refractivity contribution >= 4 is 28.2 Å². The summed E-state index contributed by atoms with van der Waals surface area (Å²) in [5, 5.41) is 11.6. The largest absolute Gasteiger partial charge is 0.379 e. The Hall–Kier alpha value is -2.27. The van der Waals surface area contributed by atoms with Crippen LogP contribution >= 0.6 is 11.8 Å². The Morgan fingerprint density at radius 3 is 2.76 bits per heavy atom. The molecule has 0 aliphatic carbocycles. The van der Waals surface area contributed by atoms with Crippen molar-refractivity contribution in [1.82, 2.24) is 10.2 Å². The van der Waals surface area contributed by atoms with Gasteiger partial charge in [-0.25, -0.2) is 5.10 Å². The molecule has 2 N–H and O–H groups in total. The molecule has 0 aliphatic rings. The summed E-state index contributed by atoms with van der Waals surface area (Å²) in [7, 11) is 0. The number of hydrogen-bond acceptors (Lipinski definition) is 4. The van der Waals surface area contributed by atoms with Gasteiger partial charge in [0.1, 0.15) is 0 Å². The molecule has 2 aromatic carbocycles. The second kappa shape index (κ2) is 6.01. The predicted octanol–water partition coefficient (Wildman–Crippen LogP) is 3.26. The SMILES string of the molecule is CSc1cccc(NCc2n[nH]c(=O)c3ccccc23)c1. The summed E-state index contributed by atoms with van der Waals surface area (Å²) in [6.07, 6.45) is 2.05. The maximum absolute atomic E-state index is 11.7. The fraction of sp³-hybridized carbons (Fsp3) is 0.125. The first-order chi connectivity index (χ1) is 10.3. The highest BCUT2D eigenvalue weighted by Gasteiger charge is 2.05. The molecule has 3 aromatic rings. The van der Waals surface area contributed by atoms with Crippen LogP contribution in [0.25, 0.3) is 10.8 Å². The number of fused-ring (bicyclic) bond motifs is 1. The first-order valence-corrected chi connectivity index (χ1v) is 7.84. The highest BCUT2D eigenvalue weighted by molar-refractivity contribution is 7.98. The summed E-state index contributed by atoms with van der Waals surface area (Å²) in [6, 6.07) is 15.7. The summed E-state index contributed by atoms with van der Waals surface area (Å²) in [5.74, 6) is 0. The molecule has 0 radical (unpaired) electrons. The summed E-state index contributed by atoms with van der Waals surface area (Å²) < 4.78 is 0. The summed E-state index contributed by atoms with van der Waals surface area (Å²) >= 11 is 1.71. The minimum absolute atomic E-state index is 0.154. The van der Waals surface area contributed by atoms with Gasteiger partial charge in [0, 0.05) is 16.0 Å². The molecule has 21 heavy (non-hydrogen) atoms. The zero-order valence-electron chi connectivity index (χ0n) is 11.6. The molecule has 1 aromatic heterocycles. The Balaban J connectivity index is 1.88. The first-order valence-electron chi connectivity index (χ1n) is 6.62. The van der Waals surface area contributed by atoms with E-state index in [0.717, 1.165) is 16.8 Å². The van der Waals surface area contributed by atoms with Crippen molar-refractivity contribution in [2.75, 3.05) is 11.6 Å². The Morgan fingerprint density at radius 1 is 1.14 bits per heavy atom. The Bertz CT molecular complexity index is 829. The molecule has 0 saturated carbocycles. The lowest BCUT2D eigenvalue weighted by Gasteiger charge is -2.09. The summed E-state index contributed by atoms with van der Waals surface area (Å²) in [4.78, 5) is 13.0. The van der Waals surface area contributed by atoms with E-state index < -0.39 is 0 Å². The highest BCUT2D eigenvalue weighted by Crippen LogP contribution is 2.20. The molecule has 0 saturated heterocycles. The molecular formula is C16H15N3OS. The van der Waals surface area contributed by atoms with Crippen LogP contribution in [-0.2, 0) is 6.54 Å². The minimum Gasteiger partial charge on any atom is -0.379 e. The molecule has 5 heteroatoms. The van der Waals surface area contributed by atoms with Crippen LogP contribution in [-0.4, -0.2) is 16.5 Å². The molecule has 0 fully saturated rings. The monoisotopic (exact) mass is 297 g/mol. The van der Waals surface area contributed by atoms with Gasteiger partial charge in [-0.05, 0) is 30.5 Å². The number of aromatic amines is 1. The number of H-pyrrole nitrogens is 1. The van der Waals surface area contributed by atoms with E-state index in [0.29, 0.717) is 11.9 Å². The van der Waals surface area contributed by atoms with Crippen molar-refractivity contribution < 1.29 is 0 Å². The third-order valence-corrected chi connectivity index (χ3v) is 4.03. The highest BCUT2D eigenvalue weighted by atomic mass is 32.2. The molecule has 3 rings (SSSR count). The Labute approximate surface area is 126 Å². The normalized spacial score (nSPS) is 10.7. The van der Waals surface area contributed by atoms with Crippen LogP contribution in [0, 0.1) is 0 Å². The van der Waals surface area contributed by atoms with Crippen molar-refractivity contribution in [3.63, 3.8) is 0 Å². The van der Waals surface area contributed by atoms with Gasteiger partial charge in [-0.1, -0.05) is 24.3 Å². The molecule has 4 nitrogen and oxygen atoms in total. The first kappa shape index (κ1) is 13.7. The number of hydrogen-bond donors (Lipinski definition) is 2. The van der Waals surface area contributed by atoms with Crippen LogP contribution in [0.1, 0.15) is 5.69 Å². The second-order valence-electron chi connectivity index (χ2n) is 4.63. The molecular weight excluding hydrogens is 282 g/mol. The van der Waals surface area contributed by atoms with Crippen LogP contribution in [0.4, 0.5) is 5.69 Å². The number of benzene rings is 2. The molecule has 0 spiro atoms. The smallest absolute Gasteiger partial charge is 0.272 e. The average molecular weight is 297 g/mol. The standard InChI is InChI=1S/C16H15N3OS/c1-21-12-6-4-5-11(9-12)17-10-15-13-7-2-3-8-14(13)16(20)19-18-15/h2-9,17H,10H2,1H3,(H,19,20). The van der Waals surface area contributed by atoms with E-state index in [4.69, 9.17) is 0 Å². The lowest BCUT2D eigenvalue weighted by molar-refractivity contribution is 0.923. The van der Waals surface area contributed by atoms with Crippen molar-refractivity contribution in [1.29, 1.82) is 0 Å². The van der Waals surface area contributed by atoms with E-state index in [-0.39, 0.29) is 5.56 Å². The fourth-order valence-corrected chi connectivity index (χ4v) is 2.68. The third-order valence-electron chi connectivity index (χ3n) is 3.30. The van der Waals surface area contributed by atoms with E-state index >= 15 is 0 Å². The van der Waals surface area contributed by atoms with E-state index in [2.05, 4.69) is 33.9 Å². The predicted molar refractivity (Wildman–Crippen MR) is 87.9 cm³/mol. The molecule has 1 heterocycles. The summed E-state index contributed by atoms with van der Waals surface area (Å²) in [6.45, 7) is 0.565. The van der Waals surface area contributed by atoms with Crippen LogP contribution in [0.2, 0.25) is 0 Å².